The molecule has 0 aliphatic rings. The van der Waals surface area contributed by atoms with Crippen LogP contribution in [0.2, 0.25) is 0 Å². The van der Waals surface area contributed by atoms with Crippen LogP contribution in [0.4, 0.5) is 5.82 Å². The molecule has 4 aromatic rings. The molecule has 0 fully saturated rings. The average Bonchev–Trinajstić information content (AvgIpc) is 3.36. The molecule has 29 heavy (non-hydrogen) atoms. The summed E-state index contributed by atoms with van der Waals surface area (Å²) in [7, 11) is 0. The van der Waals surface area contributed by atoms with E-state index >= 15 is 0 Å². The fraction of sp³-hybridized carbons (Fsp3) is 0.0952. The van der Waals surface area contributed by atoms with Gasteiger partial charge in [0.05, 0.1) is 11.4 Å². The highest BCUT2D eigenvalue weighted by atomic mass is 79.9. The van der Waals surface area contributed by atoms with Gasteiger partial charge in [0.1, 0.15) is 11.7 Å². The first-order valence-corrected chi connectivity index (χ1v) is 11.0. The molecule has 0 saturated heterocycles. The second-order valence-corrected chi connectivity index (χ2v) is 8.42. The lowest BCUT2D eigenvalue weighted by molar-refractivity contribution is -0.114. The number of carbonyl (C=O) groups is 1. The molecule has 0 aliphatic heterocycles. The molecule has 4 rings (SSSR count). The summed E-state index contributed by atoms with van der Waals surface area (Å²) in [5.74, 6) is 0.100. The Hall–Kier alpha value is -2.48. The third kappa shape index (κ3) is 4.42. The van der Waals surface area contributed by atoms with E-state index in [1.54, 1.807) is 4.68 Å². The Morgan fingerprint density at radius 3 is 2.45 bits per heavy atom. The van der Waals surface area contributed by atoms with Crippen LogP contribution in [0.25, 0.3) is 27.6 Å². The molecule has 0 bridgehead atoms. The number of rotatable bonds is 5. The number of thiazole rings is 1. The van der Waals surface area contributed by atoms with Crippen molar-refractivity contribution in [3.05, 3.63) is 70.0 Å². The molecule has 0 spiro atoms. The summed E-state index contributed by atoms with van der Waals surface area (Å²) in [5.41, 5.74) is 4.73. The van der Waals surface area contributed by atoms with Gasteiger partial charge < -0.3 is 5.32 Å². The van der Waals surface area contributed by atoms with E-state index in [2.05, 4.69) is 26.3 Å². The van der Waals surface area contributed by atoms with Gasteiger partial charge in [-0.1, -0.05) is 57.9 Å². The van der Waals surface area contributed by atoms with E-state index < -0.39 is 0 Å². The topological polar surface area (TPSA) is 59.8 Å². The van der Waals surface area contributed by atoms with Gasteiger partial charge in [0.25, 0.3) is 0 Å². The normalized spacial score (nSPS) is 10.9. The molecule has 1 N–H and O–H groups in total. The number of benzene rings is 2. The van der Waals surface area contributed by atoms with Crippen molar-refractivity contribution in [2.45, 2.75) is 6.92 Å². The van der Waals surface area contributed by atoms with E-state index in [0.29, 0.717) is 10.9 Å². The van der Waals surface area contributed by atoms with Crippen LogP contribution in [0.3, 0.4) is 0 Å². The summed E-state index contributed by atoms with van der Waals surface area (Å²) < 4.78 is 2.66. The first kappa shape index (κ1) is 19.8. The Balaban J connectivity index is 1.74. The summed E-state index contributed by atoms with van der Waals surface area (Å²) in [6.07, 6.45) is 0. The zero-order valence-corrected chi connectivity index (χ0v) is 18.6. The fourth-order valence-electron chi connectivity index (χ4n) is 2.77. The van der Waals surface area contributed by atoms with Crippen molar-refractivity contribution in [3.8, 4) is 27.6 Å². The molecule has 2 aromatic carbocycles. The molecule has 0 atom stereocenters. The van der Waals surface area contributed by atoms with Crippen LogP contribution in [-0.4, -0.2) is 26.6 Å². The molecule has 5 nitrogen and oxygen atoms in total. The number of hydrogen-bond acceptors (Lipinski definition) is 4. The highest BCUT2D eigenvalue weighted by Crippen LogP contribution is 2.29. The van der Waals surface area contributed by atoms with Crippen LogP contribution < -0.4 is 5.32 Å². The smallest absolute Gasteiger partial charge is 0.240 e. The third-order valence-corrected chi connectivity index (χ3v) is 5.85. The first-order valence-electron chi connectivity index (χ1n) is 8.78. The van der Waals surface area contributed by atoms with E-state index in [1.165, 1.54) is 16.9 Å². The zero-order chi connectivity index (χ0) is 20.4. The highest BCUT2D eigenvalue weighted by Gasteiger charge is 2.16. The monoisotopic (exact) mass is 486 g/mol. The molecule has 1 amide bonds. The molecule has 2 heterocycles. The van der Waals surface area contributed by atoms with Gasteiger partial charge in [0, 0.05) is 27.0 Å². The van der Waals surface area contributed by atoms with Gasteiger partial charge >= 0.3 is 0 Å². The number of hydrogen-bond donors (Lipinski definition) is 1. The molecular formula is C21H16BrClN4OS. The number of anilines is 1. The second kappa shape index (κ2) is 8.49. The van der Waals surface area contributed by atoms with E-state index in [-0.39, 0.29) is 11.8 Å². The standard InChI is InChI=1S/C21H16BrClN4OS/c1-13-2-4-14(5-3-13)17-10-19(25-20(28)11-23)27(26-17)21-24-18(12-29-21)15-6-8-16(22)9-7-15/h2-10,12H,11H2,1H3,(H,25,28). The summed E-state index contributed by atoms with van der Waals surface area (Å²) in [6.45, 7) is 2.04. The molecule has 0 aliphatic carbocycles. The zero-order valence-electron chi connectivity index (χ0n) is 15.4. The highest BCUT2D eigenvalue weighted by molar-refractivity contribution is 9.10. The number of aromatic nitrogens is 3. The molecule has 146 valence electrons. The maximum absolute atomic E-state index is 11.9. The number of nitrogens with zero attached hydrogens (tertiary/aromatic N) is 3. The fourth-order valence-corrected chi connectivity index (χ4v) is 3.90. The number of alkyl halides is 1. The maximum Gasteiger partial charge on any atom is 0.240 e. The van der Waals surface area contributed by atoms with Gasteiger partial charge in [-0.3, -0.25) is 4.79 Å². The Bertz CT molecular complexity index is 1150. The quantitative estimate of drug-likeness (QED) is 0.356. The minimum atomic E-state index is -0.298. The number of nitrogens with one attached hydrogen (secondary N) is 1. The van der Waals surface area contributed by atoms with Crippen molar-refractivity contribution >= 4 is 50.6 Å². The molecule has 8 heteroatoms. The van der Waals surface area contributed by atoms with Crippen molar-refractivity contribution < 1.29 is 4.79 Å². The van der Waals surface area contributed by atoms with Crippen LogP contribution in [-0.2, 0) is 4.79 Å². The van der Waals surface area contributed by atoms with Gasteiger partial charge in [-0.15, -0.1) is 22.9 Å². The summed E-state index contributed by atoms with van der Waals surface area (Å²) >= 11 is 10.6. The molecule has 2 aromatic heterocycles. The minimum absolute atomic E-state index is 0.132. The van der Waals surface area contributed by atoms with Crippen molar-refractivity contribution in [3.63, 3.8) is 0 Å². The van der Waals surface area contributed by atoms with Crippen molar-refractivity contribution in [1.82, 2.24) is 14.8 Å². The van der Waals surface area contributed by atoms with Gasteiger partial charge in [-0.05, 0) is 19.1 Å². The Morgan fingerprint density at radius 1 is 1.10 bits per heavy atom. The Kier molecular flexibility index (Phi) is 5.80. The van der Waals surface area contributed by atoms with Crippen LogP contribution in [0, 0.1) is 6.92 Å². The minimum Gasteiger partial charge on any atom is -0.309 e. The largest absolute Gasteiger partial charge is 0.309 e. The Morgan fingerprint density at radius 2 is 1.76 bits per heavy atom. The second-order valence-electron chi connectivity index (χ2n) is 6.40. The predicted octanol–water partition coefficient (Wildman–Crippen LogP) is 5.91. The Labute approximate surface area is 185 Å². The maximum atomic E-state index is 11.9. The lowest BCUT2D eigenvalue weighted by Gasteiger charge is -2.04. The number of aryl methyl sites for hydroxylation is 1. The van der Waals surface area contributed by atoms with Crippen LogP contribution >= 0.6 is 38.9 Å². The summed E-state index contributed by atoms with van der Waals surface area (Å²) in [4.78, 5) is 16.6. The third-order valence-electron chi connectivity index (χ3n) is 4.26. The lowest BCUT2D eigenvalue weighted by atomic mass is 10.1. The van der Waals surface area contributed by atoms with Gasteiger partial charge in [0.15, 0.2) is 0 Å². The first-order chi connectivity index (χ1) is 14.0. The average molecular weight is 488 g/mol. The molecule has 0 saturated carbocycles. The van der Waals surface area contributed by atoms with E-state index in [9.17, 15) is 4.79 Å². The number of carbonyl (C=O) groups excluding carboxylic acids is 1. The number of amides is 1. The van der Waals surface area contributed by atoms with Gasteiger partial charge in [-0.2, -0.15) is 9.78 Å². The summed E-state index contributed by atoms with van der Waals surface area (Å²) in [6, 6.07) is 17.8. The lowest BCUT2D eigenvalue weighted by Crippen LogP contribution is -2.15. The van der Waals surface area contributed by atoms with E-state index in [0.717, 1.165) is 27.0 Å². The van der Waals surface area contributed by atoms with Crippen molar-refractivity contribution in [2.75, 3.05) is 11.2 Å². The summed E-state index contributed by atoms with van der Waals surface area (Å²) in [5, 5.41) is 10.1. The number of halogens is 2. The predicted molar refractivity (Wildman–Crippen MR) is 122 cm³/mol. The van der Waals surface area contributed by atoms with E-state index in [4.69, 9.17) is 16.6 Å². The molecule has 0 radical (unpaired) electrons. The van der Waals surface area contributed by atoms with Crippen molar-refractivity contribution in [1.29, 1.82) is 0 Å². The van der Waals surface area contributed by atoms with Crippen LogP contribution in [0.15, 0.2) is 64.5 Å². The SMILES string of the molecule is Cc1ccc(-c2cc(NC(=O)CCl)n(-c3nc(-c4ccc(Br)cc4)cs3)n2)cc1. The molecule has 0 unspecified atom stereocenters. The van der Waals surface area contributed by atoms with Crippen LogP contribution in [0.1, 0.15) is 5.56 Å². The molecular weight excluding hydrogens is 472 g/mol. The van der Waals surface area contributed by atoms with Gasteiger partial charge in [-0.25, -0.2) is 4.98 Å². The van der Waals surface area contributed by atoms with Crippen LogP contribution in [0.5, 0.6) is 0 Å². The van der Waals surface area contributed by atoms with Gasteiger partial charge in [0.2, 0.25) is 11.0 Å². The van der Waals surface area contributed by atoms with Crippen molar-refractivity contribution in [2.24, 2.45) is 0 Å². The van der Waals surface area contributed by atoms with E-state index in [1.807, 2.05) is 66.9 Å².